The molecule has 0 saturated carbocycles. The molecule has 0 bridgehead atoms. The molecule has 0 aliphatic carbocycles. The van der Waals surface area contributed by atoms with Crippen molar-refractivity contribution in [3.63, 3.8) is 0 Å². The van der Waals surface area contributed by atoms with Gasteiger partial charge in [-0.2, -0.15) is 12.7 Å². The second-order valence-electron chi connectivity index (χ2n) is 7.40. The van der Waals surface area contributed by atoms with E-state index in [0.29, 0.717) is 5.92 Å². The monoisotopic (exact) mass is 430 g/mol. The molecule has 2 aromatic carbocycles. The van der Waals surface area contributed by atoms with Gasteiger partial charge in [-0.3, -0.25) is 4.72 Å². The number of rotatable bonds is 9. The Balaban J connectivity index is 2.58. The number of hydrogen-bond donors (Lipinski definition) is 1. The lowest BCUT2D eigenvalue weighted by atomic mass is 9.89. The molecule has 0 unspecified atom stereocenters. The Kier molecular flexibility index (Phi) is 8.20. The van der Waals surface area contributed by atoms with E-state index in [1.165, 1.54) is 19.7 Å². The van der Waals surface area contributed by atoms with Crippen LogP contribution in [0.1, 0.15) is 49.3 Å². The minimum absolute atomic E-state index is 0.118. The van der Waals surface area contributed by atoms with E-state index in [4.69, 9.17) is 4.74 Å². The Labute approximate surface area is 179 Å². The van der Waals surface area contributed by atoms with Gasteiger partial charge < -0.3 is 4.74 Å². The number of ether oxygens (including phenoxy) is 1. The third-order valence-electron chi connectivity index (χ3n) is 4.67. The van der Waals surface area contributed by atoms with E-state index in [1.54, 1.807) is 13.0 Å². The maximum atomic E-state index is 12.5. The number of nitrogens with zero attached hydrogens (tertiary/aromatic N) is 1. The average Bonchev–Trinajstić information content (AvgIpc) is 2.71. The molecule has 1 atom stereocenters. The lowest BCUT2D eigenvalue weighted by Crippen LogP contribution is -2.37. The van der Waals surface area contributed by atoms with E-state index in [-0.39, 0.29) is 18.2 Å². The van der Waals surface area contributed by atoms with Crippen LogP contribution in [0.15, 0.2) is 66.4 Å². The summed E-state index contributed by atoms with van der Waals surface area (Å²) in [7, 11) is -1.09. The topological polar surface area (TPSA) is 75.7 Å². The Morgan fingerprint density at radius 2 is 1.53 bits per heavy atom. The van der Waals surface area contributed by atoms with Crippen LogP contribution in [-0.2, 0) is 19.7 Å². The van der Waals surface area contributed by atoms with Gasteiger partial charge in [0.15, 0.2) is 0 Å². The maximum Gasteiger partial charge on any atom is 0.355 e. The van der Waals surface area contributed by atoms with E-state index < -0.39 is 16.2 Å². The molecule has 30 heavy (non-hydrogen) atoms. The zero-order chi connectivity index (χ0) is 22.3. The van der Waals surface area contributed by atoms with Gasteiger partial charge in [-0.1, -0.05) is 68.4 Å². The minimum atomic E-state index is -3.87. The second-order valence-corrected chi connectivity index (χ2v) is 9.28. The standard InChI is InChI=1S/C23H30N2O4S/c1-6-29-23(26)22(24-30(27,28)25(4)5)16-21(19-10-8-7-9-11-19)20-14-12-18(13-15-20)17(2)3/h7-17,21,24H,6H2,1-5H3/b22-16-/t21-/m0/s1. The van der Waals surface area contributed by atoms with Crippen molar-refractivity contribution in [2.24, 2.45) is 0 Å². The molecule has 7 heteroatoms. The molecule has 0 spiro atoms. The predicted octanol–water partition coefficient (Wildman–Crippen LogP) is 3.78. The number of benzene rings is 2. The highest BCUT2D eigenvalue weighted by atomic mass is 32.2. The molecular weight excluding hydrogens is 400 g/mol. The summed E-state index contributed by atoms with van der Waals surface area (Å²) in [6.45, 7) is 6.06. The number of nitrogens with one attached hydrogen (secondary N) is 1. The van der Waals surface area contributed by atoms with E-state index >= 15 is 0 Å². The highest BCUT2D eigenvalue weighted by molar-refractivity contribution is 7.87. The Hall–Kier alpha value is -2.64. The number of hydrogen-bond acceptors (Lipinski definition) is 4. The highest BCUT2D eigenvalue weighted by Crippen LogP contribution is 2.28. The van der Waals surface area contributed by atoms with Crippen molar-refractivity contribution in [2.75, 3.05) is 20.7 Å². The Bertz CT molecular complexity index is 966. The van der Waals surface area contributed by atoms with Crippen LogP contribution < -0.4 is 4.72 Å². The molecule has 6 nitrogen and oxygen atoms in total. The molecule has 0 saturated heterocycles. The first-order chi connectivity index (χ1) is 14.2. The summed E-state index contributed by atoms with van der Waals surface area (Å²) in [4.78, 5) is 12.5. The van der Waals surface area contributed by atoms with Gasteiger partial charge in [-0.25, -0.2) is 4.79 Å². The normalized spacial score (nSPS) is 13.4. The van der Waals surface area contributed by atoms with Crippen LogP contribution in [0.25, 0.3) is 0 Å². The molecule has 0 aromatic heterocycles. The van der Waals surface area contributed by atoms with Gasteiger partial charge in [-0.05, 0) is 35.6 Å². The zero-order valence-corrected chi connectivity index (χ0v) is 18.9. The first-order valence-electron chi connectivity index (χ1n) is 9.89. The van der Waals surface area contributed by atoms with Crippen LogP contribution in [0.3, 0.4) is 0 Å². The quantitative estimate of drug-likeness (QED) is 0.485. The van der Waals surface area contributed by atoms with E-state index in [9.17, 15) is 13.2 Å². The number of allylic oxidation sites excluding steroid dienone is 1. The lowest BCUT2D eigenvalue weighted by molar-refractivity contribution is -0.138. The summed E-state index contributed by atoms with van der Waals surface area (Å²) >= 11 is 0. The number of esters is 1. The molecule has 0 radical (unpaired) electrons. The number of carbonyl (C=O) groups excluding carboxylic acids is 1. The summed E-state index contributed by atoms with van der Waals surface area (Å²) in [6.07, 6.45) is 1.61. The van der Waals surface area contributed by atoms with E-state index in [0.717, 1.165) is 15.4 Å². The van der Waals surface area contributed by atoms with Crippen LogP contribution >= 0.6 is 0 Å². The average molecular weight is 431 g/mol. The van der Waals surface area contributed by atoms with Crippen LogP contribution in [0.5, 0.6) is 0 Å². The molecular formula is C23H30N2O4S. The Morgan fingerprint density at radius 1 is 1.00 bits per heavy atom. The van der Waals surface area contributed by atoms with Crippen molar-refractivity contribution in [3.8, 4) is 0 Å². The maximum absolute atomic E-state index is 12.5. The van der Waals surface area contributed by atoms with Crippen molar-refractivity contribution in [2.45, 2.75) is 32.6 Å². The smallest absolute Gasteiger partial charge is 0.355 e. The van der Waals surface area contributed by atoms with Gasteiger partial charge in [0.25, 0.3) is 0 Å². The van der Waals surface area contributed by atoms with Crippen molar-refractivity contribution in [3.05, 3.63) is 83.1 Å². The van der Waals surface area contributed by atoms with E-state index in [2.05, 4.69) is 30.7 Å². The molecule has 162 valence electrons. The second kappa shape index (κ2) is 10.4. The van der Waals surface area contributed by atoms with Gasteiger partial charge in [0.1, 0.15) is 5.70 Å². The molecule has 0 heterocycles. The van der Waals surface area contributed by atoms with Crippen LogP contribution in [0.4, 0.5) is 0 Å². The fourth-order valence-electron chi connectivity index (χ4n) is 2.88. The molecule has 1 N–H and O–H groups in total. The first kappa shape index (κ1) is 23.6. The molecule has 0 amide bonds. The summed E-state index contributed by atoms with van der Waals surface area (Å²) < 4.78 is 33.3. The van der Waals surface area contributed by atoms with Crippen molar-refractivity contribution in [1.29, 1.82) is 0 Å². The third-order valence-corrected chi connectivity index (χ3v) is 6.11. The van der Waals surface area contributed by atoms with Crippen LogP contribution in [0.2, 0.25) is 0 Å². The van der Waals surface area contributed by atoms with Gasteiger partial charge in [-0.15, -0.1) is 0 Å². The van der Waals surface area contributed by atoms with Crippen molar-refractivity contribution >= 4 is 16.2 Å². The van der Waals surface area contributed by atoms with Crippen molar-refractivity contribution in [1.82, 2.24) is 9.03 Å². The van der Waals surface area contributed by atoms with Gasteiger partial charge >= 0.3 is 16.2 Å². The molecule has 0 aliphatic heterocycles. The third kappa shape index (κ3) is 6.18. The Morgan fingerprint density at radius 3 is 2.03 bits per heavy atom. The minimum Gasteiger partial charge on any atom is -0.461 e. The first-order valence-corrected chi connectivity index (χ1v) is 11.3. The molecule has 2 aromatic rings. The SMILES string of the molecule is CCOC(=O)/C(=C/[C@@H](c1ccccc1)c1ccc(C(C)C)cc1)NS(=O)(=O)N(C)C. The predicted molar refractivity (Wildman–Crippen MR) is 119 cm³/mol. The molecule has 2 rings (SSSR count). The number of carbonyl (C=O) groups is 1. The van der Waals surface area contributed by atoms with Gasteiger partial charge in [0, 0.05) is 20.0 Å². The van der Waals surface area contributed by atoms with E-state index in [1.807, 2.05) is 42.5 Å². The highest BCUT2D eigenvalue weighted by Gasteiger charge is 2.23. The van der Waals surface area contributed by atoms with Crippen LogP contribution in [0, 0.1) is 0 Å². The summed E-state index contributed by atoms with van der Waals surface area (Å²) in [5.74, 6) is -0.661. The van der Waals surface area contributed by atoms with Gasteiger partial charge in [0.05, 0.1) is 6.61 Å². The van der Waals surface area contributed by atoms with Gasteiger partial charge in [0.2, 0.25) is 0 Å². The van der Waals surface area contributed by atoms with Crippen molar-refractivity contribution < 1.29 is 17.9 Å². The largest absolute Gasteiger partial charge is 0.461 e. The zero-order valence-electron chi connectivity index (χ0n) is 18.1. The molecule has 0 fully saturated rings. The fourth-order valence-corrected chi connectivity index (χ4v) is 3.49. The summed E-state index contributed by atoms with van der Waals surface area (Å²) in [5.41, 5.74) is 2.96. The lowest BCUT2D eigenvalue weighted by Gasteiger charge is -2.19. The molecule has 0 aliphatic rings. The fraction of sp³-hybridized carbons (Fsp3) is 0.348. The van der Waals surface area contributed by atoms with Crippen LogP contribution in [-0.4, -0.2) is 39.4 Å². The summed E-state index contributed by atoms with van der Waals surface area (Å²) in [6, 6.07) is 17.7. The summed E-state index contributed by atoms with van der Waals surface area (Å²) in [5, 5.41) is 0.